The summed E-state index contributed by atoms with van der Waals surface area (Å²) >= 11 is 0. The van der Waals surface area contributed by atoms with E-state index in [1.807, 2.05) is 0 Å². The first-order valence-corrected chi connectivity index (χ1v) is 8.85. The lowest BCUT2D eigenvalue weighted by Gasteiger charge is -2.38. The average Bonchev–Trinajstić information content (AvgIpc) is 2.41. The first-order valence-electron chi connectivity index (χ1n) is 8.85. The van der Waals surface area contributed by atoms with Crippen molar-refractivity contribution in [1.82, 2.24) is 5.32 Å². The Morgan fingerprint density at radius 1 is 1.15 bits per heavy atom. The highest BCUT2D eigenvalue weighted by Crippen LogP contribution is 2.35. The Morgan fingerprint density at radius 3 is 2.50 bits per heavy atom. The fraction of sp³-hybridized carbons (Fsp3) is 1.00. The van der Waals surface area contributed by atoms with Crippen LogP contribution in [0, 0.1) is 23.7 Å². The van der Waals surface area contributed by atoms with Crippen molar-refractivity contribution in [2.75, 3.05) is 19.8 Å². The van der Waals surface area contributed by atoms with E-state index in [4.69, 9.17) is 4.74 Å². The van der Waals surface area contributed by atoms with Gasteiger partial charge in [0.05, 0.1) is 0 Å². The van der Waals surface area contributed by atoms with Crippen LogP contribution in [0.1, 0.15) is 66.7 Å². The molecule has 1 rings (SSSR count). The molecule has 0 aromatic carbocycles. The lowest BCUT2D eigenvalue weighted by Crippen LogP contribution is -2.42. The van der Waals surface area contributed by atoms with Crippen molar-refractivity contribution in [3.63, 3.8) is 0 Å². The van der Waals surface area contributed by atoms with Crippen LogP contribution in [0.2, 0.25) is 0 Å². The Labute approximate surface area is 127 Å². The van der Waals surface area contributed by atoms with Crippen LogP contribution in [0.5, 0.6) is 0 Å². The molecule has 0 aromatic rings. The number of rotatable bonds is 9. The van der Waals surface area contributed by atoms with Gasteiger partial charge < -0.3 is 10.1 Å². The Bertz CT molecular complexity index is 240. The van der Waals surface area contributed by atoms with E-state index in [1.165, 1.54) is 38.6 Å². The van der Waals surface area contributed by atoms with E-state index in [2.05, 4.69) is 39.9 Å². The van der Waals surface area contributed by atoms with Gasteiger partial charge in [-0.3, -0.25) is 0 Å². The smallest absolute Gasteiger partial charge is 0.0488 e. The quantitative estimate of drug-likeness (QED) is 0.630. The molecule has 2 heteroatoms. The minimum absolute atomic E-state index is 0.652. The summed E-state index contributed by atoms with van der Waals surface area (Å²) in [6.45, 7) is 14.5. The third kappa shape index (κ3) is 6.58. The van der Waals surface area contributed by atoms with E-state index in [0.29, 0.717) is 5.92 Å². The molecular weight excluding hydrogens is 246 g/mol. The summed E-state index contributed by atoms with van der Waals surface area (Å²) < 4.78 is 5.82. The van der Waals surface area contributed by atoms with Crippen LogP contribution in [0.3, 0.4) is 0 Å². The fourth-order valence-electron chi connectivity index (χ4n) is 3.38. The summed E-state index contributed by atoms with van der Waals surface area (Å²) in [5.74, 6) is 3.22. The topological polar surface area (TPSA) is 21.3 Å². The van der Waals surface area contributed by atoms with Crippen molar-refractivity contribution in [1.29, 1.82) is 0 Å². The van der Waals surface area contributed by atoms with Gasteiger partial charge in [-0.1, -0.05) is 34.6 Å². The molecule has 3 atom stereocenters. The molecule has 1 aliphatic carbocycles. The molecule has 0 bridgehead atoms. The Morgan fingerprint density at radius 2 is 1.90 bits per heavy atom. The lowest BCUT2D eigenvalue weighted by molar-refractivity contribution is 0.0753. The molecular formula is C18H37NO. The molecule has 1 fully saturated rings. The highest BCUT2D eigenvalue weighted by atomic mass is 16.5. The molecule has 1 aliphatic rings. The van der Waals surface area contributed by atoms with Gasteiger partial charge in [0.25, 0.3) is 0 Å². The minimum atomic E-state index is 0.652. The van der Waals surface area contributed by atoms with Gasteiger partial charge in [0.2, 0.25) is 0 Å². The van der Waals surface area contributed by atoms with Crippen LogP contribution in [0.25, 0.3) is 0 Å². The second-order valence-corrected chi connectivity index (χ2v) is 7.40. The molecule has 0 spiro atoms. The summed E-state index contributed by atoms with van der Waals surface area (Å²) in [6.07, 6.45) is 6.63. The Kier molecular flexibility index (Phi) is 8.79. The van der Waals surface area contributed by atoms with E-state index < -0.39 is 0 Å². The van der Waals surface area contributed by atoms with E-state index in [-0.39, 0.29) is 0 Å². The van der Waals surface area contributed by atoms with E-state index >= 15 is 0 Å². The first kappa shape index (κ1) is 18.0. The predicted octanol–water partition coefficient (Wildman–Crippen LogP) is 4.49. The van der Waals surface area contributed by atoms with Gasteiger partial charge in [0.1, 0.15) is 0 Å². The van der Waals surface area contributed by atoms with Crippen LogP contribution >= 0.6 is 0 Å². The second kappa shape index (κ2) is 9.78. The van der Waals surface area contributed by atoms with Crippen LogP contribution in [-0.2, 0) is 4.74 Å². The second-order valence-electron chi connectivity index (χ2n) is 7.40. The van der Waals surface area contributed by atoms with E-state index in [1.54, 1.807) is 0 Å². The van der Waals surface area contributed by atoms with Crippen LogP contribution < -0.4 is 5.32 Å². The molecule has 0 radical (unpaired) electrons. The summed E-state index contributed by atoms with van der Waals surface area (Å²) in [5.41, 5.74) is 0. The van der Waals surface area contributed by atoms with Gasteiger partial charge in [0.15, 0.2) is 0 Å². The van der Waals surface area contributed by atoms with Crippen molar-refractivity contribution in [3.8, 4) is 0 Å². The SMILES string of the molecule is CCCNC1CCC(C(C)C)CC1CCOCC(C)C. The fourth-order valence-corrected chi connectivity index (χ4v) is 3.38. The van der Waals surface area contributed by atoms with Crippen LogP contribution in [0.4, 0.5) is 0 Å². The number of nitrogens with one attached hydrogen (secondary N) is 1. The van der Waals surface area contributed by atoms with Crippen molar-refractivity contribution in [2.24, 2.45) is 23.7 Å². The normalized spacial score (nSPS) is 27.4. The maximum atomic E-state index is 5.82. The monoisotopic (exact) mass is 283 g/mol. The zero-order chi connectivity index (χ0) is 15.0. The molecule has 0 heterocycles. The maximum Gasteiger partial charge on any atom is 0.0488 e. The summed E-state index contributed by atoms with van der Waals surface area (Å²) in [7, 11) is 0. The van der Waals surface area contributed by atoms with Gasteiger partial charge >= 0.3 is 0 Å². The van der Waals surface area contributed by atoms with E-state index in [0.717, 1.165) is 37.0 Å². The Balaban J connectivity index is 2.40. The van der Waals surface area contributed by atoms with Crippen molar-refractivity contribution >= 4 is 0 Å². The molecule has 2 nitrogen and oxygen atoms in total. The molecule has 3 unspecified atom stereocenters. The molecule has 0 amide bonds. The minimum Gasteiger partial charge on any atom is -0.381 e. The van der Waals surface area contributed by atoms with Crippen molar-refractivity contribution < 1.29 is 4.74 Å². The Hall–Kier alpha value is -0.0800. The number of ether oxygens (including phenoxy) is 1. The molecule has 20 heavy (non-hydrogen) atoms. The van der Waals surface area contributed by atoms with E-state index in [9.17, 15) is 0 Å². The highest BCUT2D eigenvalue weighted by Gasteiger charge is 2.31. The molecule has 0 saturated heterocycles. The zero-order valence-electron chi connectivity index (χ0n) is 14.5. The predicted molar refractivity (Wildman–Crippen MR) is 88.0 cm³/mol. The summed E-state index contributed by atoms with van der Waals surface area (Å²) in [6, 6.07) is 0.729. The zero-order valence-corrected chi connectivity index (χ0v) is 14.5. The maximum absolute atomic E-state index is 5.82. The first-order chi connectivity index (χ1) is 9.54. The van der Waals surface area contributed by atoms with Gasteiger partial charge in [0, 0.05) is 19.3 Å². The molecule has 0 aromatic heterocycles. The van der Waals surface area contributed by atoms with Crippen molar-refractivity contribution in [3.05, 3.63) is 0 Å². The van der Waals surface area contributed by atoms with Crippen LogP contribution in [-0.4, -0.2) is 25.8 Å². The van der Waals surface area contributed by atoms with Crippen LogP contribution in [0.15, 0.2) is 0 Å². The largest absolute Gasteiger partial charge is 0.381 e. The van der Waals surface area contributed by atoms with Gasteiger partial charge in [-0.25, -0.2) is 0 Å². The highest BCUT2D eigenvalue weighted by molar-refractivity contribution is 4.85. The van der Waals surface area contributed by atoms with Gasteiger partial charge in [-0.05, 0) is 62.3 Å². The average molecular weight is 283 g/mol. The van der Waals surface area contributed by atoms with Gasteiger partial charge in [-0.15, -0.1) is 0 Å². The lowest BCUT2D eigenvalue weighted by atomic mass is 9.72. The molecule has 1 saturated carbocycles. The van der Waals surface area contributed by atoms with Crippen molar-refractivity contribution in [2.45, 2.75) is 72.8 Å². The summed E-state index contributed by atoms with van der Waals surface area (Å²) in [5, 5.41) is 3.77. The number of hydrogen-bond donors (Lipinski definition) is 1. The molecule has 120 valence electrons. The van der Waals surface area contributed by atoms with Gasteiger partial charge in [-0.2, -0.15) is 0 Å². The molecule has 1 N–H and O–H groups in total. The third-order valence-electron chi connectivity index (χ3n) is 4.71. The number of hydrogen-bond acceptors (Lipinski definition) is 2. The third-order valence-corrected chi connectivity index (χ3v) is 4.71. The molecule has 0 aliphatic heterocycles. The standard InChI is InChI=1S/C18H37NO/c1-6-10-19-18-8-7-16(15(4)5)12-17(18)9-11-20-13-14(2)3/h14-19H,6-13H2,1-5H3. The summed E-state index contributed by atoms with van der Waals surface area (Å²) in [4.78, 5) is 0.